The number of rotatable bonds is 13. The highest BCUT2D eigenvalue weighted by Crippen LogP contribution is 2.36. The van der Waals surface area contributed by atoms with Crippen molar-refractivity contribution in [1.29, 1.82) is 5.26 Å². The van der Waals surface area contributed by atoms with E-state index >= 15 is 0 Å². The van der Waals surface area contributed by atoms with E-state index in [1.165, 1.54) is 37.4 Å². The van der Waals surface area contributed by atoms with Crippen LogP contribution in [-0.4, -0.2) is 63.9 Å². The van der Waals surface area contributed by atoms with Crippen LogP contribution in [0.3, 0.4) is 0 Å². The van der Waals surface area contributed by atoms with E-state index in [-0.39, 0.29) is 17.0 Å². The fourth-order valence-corrected chi connectivity index (χ4v) is 6.45. The second-order valence-electron chi connectivity index (χ2n) is 10.2. The summed E-state index contributed by atoms with van der Waals surface area (Å²) in [5.41, 5.74) is 1.35. The van der Waals surface area contributed by atoms with Gasteiger partial charge in [-0.05, 0) is 37.9 Å². The van der Waals surface area contributed by atoms with Crippen molar-refractivity contribution in [2.45, 2.75) is 85.6 Å². The summed E-state index contributed by atoms with van der Waals surface area (Å²) in [6.45, 7) is 13.9. The fraction of sp³-hybridized carbons (Fsp3) is 0.655. The van der Waals surface area contributed by atoms with Gasteiger partial charge in [-0.2, -0.15) is 5.26 Å². The van der Waals surface area contributed by atoms with Crippen LogP contribution < -0.4 is 10.5 Å². The Balaban J connectivity index is 1.98. The molecule has 0 aliphatic carbocycles. The lowest BCUT2D eigenvalue weighted by molar-refractivity contribution is -0.122. The minimum Gasteiger partial charge on any atom is -0.355 e. The van der Waals surface area contributed by atoms with Gasteiger partial charge in [0.15, 0.2) is 0 Å². The van der Waals surface area contributed by atoms with Gasteiger partial charge in [0.25, 0.3) is 11.5 Å². The Hall–Kier alpha value is -2.15. The molecule has 2 saturated heterocycles. The van der Waals surface area contributed by atoms with Crippen molar-refractivity contribution in [3.05, 3.63) is 31.9 Å². The molecule has 2 aliphatic rings. The minimum absolute atomic E-state index is 0.0699. The van der Waals surface area contributed by atoms with Gasteiger partial charge in [-0.15, -0.1) is 0 Å². The standard InChI is InChI=1S/C29H43N5O2S2/c1-5-8-10-11-12-13-15-34-28(36)25(38-29(34)37)20-23-22(4)24(21-30)27(35)33(14-9-6-2)26(23)32-18-16-31(7-3)17-19-32/h20H,5-19H2,1-4H3. The SMILES string of the molecule is CCCCCCCCN1C(=O)C(=Cc2c(C)c(C#N)c(=O)n(CCCC)c2N2CCN(CC)CC2)SC1=S. The van der Waals surface area contributed by atoms with Crippen molar-refractivity contribution < 1.29 is 4.79 Å². The summed E-state index contributed by atoms with van der Waals surface area (Å²) in [5.74, 6) is 0.761. The third kappa shape index (κ3) is 7.08. The third-order valence-corrected chi connectivity index (χ3v) is 8.96. The lowest BCUT2D eigenvalue weighted by atomic mass is 10.0. The zero-order chi connectivity index (χ0) is 27.7. The molecule has 1 aromatic heterocycles. The molecule has 1 aromatic rings. The highest BCUT2D eigenvalue weighted by atomic mass is 32.2. The van der Waals surface area contributed by atoms with Gasteiger partial charge in [0, 0.05) is 44.8 Å². The van der Waals surface area contributed by atoms with Gasteiger partial charge >= 0.3 is 0 Å². The Labute approximate surface area is 237 Å². The third-order valence-electron chi connectivity index (χ3n) is 7.59. The number of carbonyl (C=O) groups is 1. The molecule has 38 heavy (non-hydrogen) atoms. The first-order valence-corrected chi connectivity index (χ1v) is 15.5. The Morgan fingerprint density at radius 2 is 1.61 bits per heavy atom. The van der Waals surface area contributed by atoms with Crippen molar-refractivity contribution in [2.75, 3.05) is 44.2 Å². The number of carbonyl (C=O) groups excluding carboxylic acids is 1. The maximum Gasteiger partial charge on any atom is 0.270 e. The summed E-state index contributed by atoms with van der Waals surface area (Å²) in [4.78, 5) is 33.9. The predicted octanol–water partition coefficient (Wildman–Crippen LogP) is 5.53. The number of thiocarbonyl (C=S) groups is 1. The molecule has 0 spiro atoms. The van der Waals surface area contributed by atoms with Crippen LogP contribution in [0.5, 0.6) is 0 Å². The van der Waals surface area contributed by atoms with Crippen LogP contribution in [0, 0.1) is 18.3 Å². The van der Waals surface area contributed by atoms with Gasteiger partial charge < -0.3 is 9.80 Å². The Morgan fingerprint density at radius 1 is 0.947 bits per heavy atom. The quantitative estimate of drug-likeness (QED) is 0.179. The van der Waals surface area contributed by atoms with E-state index in [1.807, 2.05) is 13.0 Å². The highest BCUT2D eigenvalue weighted by Gasteiger charge is 2.33. The molecule has 0 radical (unpaired) electrons. The van der Waals surface area contributed by atoms with Crippen molar-refractivity contribution >= 4 is 46.1 Å². The van der Waals surface area contributed by atoms with Crippen LogP contribution in [0.4, 0.5) is 5.82 Å². The number of hydrogen-bond donors (Lipinski definition) is 0. The van der Waals surface area contributed by atoms with Crippen LogP contribution in [0.1, 0.15) is 88.8 Å². The molecular weight excluding hydrogens is 514 g/mol. The molecule has 0 aromatic carbocycles. The average Bonchev–Trinajstić information content (AvgIpc) is 3.19. The van der Waals surface area contributed by atoms with Gasteiger partial charge in [-0.1, -0.05) is 83.3 Å². The number of likely N-dealkylation sites (N-methyl/N-ethyl adjacent to an activating group) is 1. The number of unbranched alkanes of at least 4 members (excludes halogenated alkanes) is 6. The molecule has 3 heterocycles. The van der Waals surface area contributed by atoms with E-state index in [0.717, 1.165) is 69.8 Å². The maximum atomic E-state index is 13.5. The molecule has 0 N–H and O–H groups in total. The Kier molecular flexibility index (Phi) is 11.9. The predicted molar refractivity (Wildman–Crippen MR) is 163 cm³/mol. The van der Waals surface area contributed by atoms with Crippen LogP contribution in [0.25, 0.3) is 6.08 Å². The lowest BCUT2D eigenvalue weighted by Crippen LogP contribution is -2.48. The van der Waals surface area contributed by atoms with Crippen LogP contribution in [0.15, 0.2) is 9.70 Å². The summed E-state index contributed by atoms with van der Waals surface area (Å²) in [5, 5.41) is 9.91. The molecule has 2 fully saturated rings. The second kappa shape index (κ2) is 14.9. The number of piperazine rings is 1. The summed E-state index contributed by atoms with van der Waals surface area (Å²) in [7, 11) is 0. The van der Waals surface area contributed by atoms with Crippen molar-refractivity contribution in [3.8, 4) is 6.07 Å². The van der Waals surface area contributed by atoms with E-state index < -0.39 is 0 Å². The smallest absolute Gasteiger partial charge is 0.270 e. The number of thioether (sulfide) groups is 1. The number of anilines is 1. The lowest BCUT2D eigenvalue weighted by Gasteiger charge is -2.37. The summed E-state index contributed by atoms with van der Waals surface area (Å²) in [6, 6.07) is 2.15. The summed E-state index contributed by atoms with van der Waals surface area (Å²) in [6.07, 6.45) is 10.6. The molecule has 208 valence electrons. The first-order valence-electron chi connectivity index (χ1n) is 14.3. The molecule has 3 rings (SSSR count). The van der Waals surface area contributed by atoms with Crippen molar-refractivity contribution in [2.24, 2.45) is 0 Å². The van der Waals surface area contributed by atoms with E-state index in [4.69, 9.17) is 12.2 Å². The van der Waals surface area contributed by atoms with E-state index in [2.05, 4.69) is 36.6 Å². The Bertz CT molecular complexity index is 1130. The van der Waals surface area contributed by atoms with Gasteiger partial charge in [-0.3, -0.25) is 19.1 Å². The zero-order valence-corrected chi connectivity index (χ0v) is 25.2. The van der Waals surface area contributed by atoms with E-state index in [0.29, 0.717) is 27.9 Å². The van der Waals surface area contributed by atoms with E-state index in [9.17, 15) is 14.9 Å². The minimum atomic E-state index is -0.237. The van der Waals surface area contributed by atoms with Gasteiger partial charge in [0.1, 0.15) is 21.8 Å². The molecule has 7 nitrogen and oxygen atoms in total. The first-order chi connectivity index (χ1) is 18.4. The molecule has 0 bridgehead atoms. The number of pyridine rings is 1. The summed E-state index contributed by atoms with van der Waals surface area (Å²) >= 11 is 6.93. The Morgan fingerprint density at radius 3 is 2.24 bits per heavy atom. The molecule has 0 saturated carbocycles. The molecule has 0 atom stereocenters. The normalized spacial score (nSPS) is 17.6. The fourth-order valence-electron chi connectivity index (χ4n) is 5.16. The number of aromatic nitrogens is 1. The summed E-state index contributed by atoms with van der Waals surface area (Å²) < 4.78 is 2.37. The van der Waals surface area contributed by atoms with Crippen LogP contribution in [-0.2, 0) is 11.3 Å². The van der Waals surface area contributed by atoms with Gasteiger partial charge in [-0.25, -0.2) is 0 Å². The van der Waals surface area contributed by atoms with E-state index in [1.54, 1.807) is 9.47 Å². The zero-order valence-electron chi connectivity index (χ0n) is 23.6. The number of nitriles is 1. The first kappa shape index (κ1) is 30.4. The topological polar surface area (TPSA) is 72.6 Å². The molecule has 9 heteroatoms. The number of nitrogens with zero attached hydrogens (tertiary/aromatic N) is 5. The molecule has 1 amide bonds. The van der Waals surface area contributed by atoms with Crippen LogP contribution in [0.2, 0.25) is 0 Å². The highest BCUT2D eigenvalue weighted by molar-refractivity contribution is 8.26. The van der Waals surface area contributed by atoms with Crippen molar-refractivity contribution in [3.63, 3.8) is 0 Å². The molecular formula is C29H43N5O2S2. The van der Waals surface area contributed by atoms with Crippen LogP contribution >= 0.6 is 24.0 Å². The second-order valence-corrected chi connectivity index (χ2v) is 11.9. The number of hydrogen-bond acceptors (Lipinski definition) is 7. The van der Waals surface area contributed by atoms with Gasteiger partial charge in [0.2, 0.25) is 0 Å². The number of amides is 1. The average molecular weight is 558 g/mol. The monoisotopic (exact) mass is 557 g/mol. The largest absolute Gasteiger partial charge is 0.355 e. The van der Waals surface area contributed by atoms with Gasteiger partial charge in [0.05, 0.1) is 4.91 Å². The maximum absolute atomic E-state index is 13.5. The molecule has 2 aliphatic heterocycles. The molecule has 0 unspecified atom stereocenters. The van der Waals surface area contributed by atoms with Crippen molar-refractivity contribution in [1.82, 2.24) is 14.4 Å².